The number of hydrogen-bond donors (Lipinski definition) is 2. The predicted octanol–water partition coefficient (Wildman–Crippen LogP) is 1.63. The van der Waals surface area contributed by atoms with Gasteiger partial charge in [0, 0.05) is 6.54 Å². The highest BCUT2D eigenvalue weighted by atomic mass is 16.3. The average Bonchev–Trinajstić information content (AvgIpc) is 2.20. The molecule has 0 rings (SSSR count). The summed E-state index contributed by atoms with van der Waals surface area (Å²) >= 11 is 0. The molecule has 0 spiro atoms. The Balaban J connectivity index is 4.30. The summed E-state index contributed by atoms with van der Waals surface area (Å²) in [6.07, 6.45) is 2.22. The molecule has 18 heavy (non-hydrogen) atoms. The summed E-state index contributed by atoms with van der Waals surface area (Å²) in [4.78, 5) is 14.1. The Bertz CT molecular complexity index is 250. The SMILES string of the molecule is CCCC(C(=O)NCC(C)(C)CC(C)O)N(C)C. The number of carbonyl (C=O) groups excluding carboxylic acids is 1. The van der Waals surface area contributed by atoms with Gasteiger partial charge in [-0.15, -0.1) is 0 Å². The fraction of sp³-hybridized carbons (Fsp3) is 0.929. The van der Waals surface area contributed by atoms with Gasteiger partial charge in [0.25, 0.3) is 0 Å². The van der Waals surface area contributed by atoms with E-state index >= 15 is 0 Å². The second-order valence-corrected chi connectivity index (χ2v) is 6.20. The molecule has 0 saturated carbocycles. The number of amides is 1. The lowest BCUT2D eigenvalue weighted by molar-refractivity contribution is -0.126. The van der Waals surface area contributed by atoms with Crippen molar-refractivity contribution in [3.63, 3.8) is 0 Å². The standard InChI is InChI=1S/C14H30N2O2/c1-7-8-12(16(5)6)13(18)15-10-14(3,4)9-11(2)17/h11-12,17H,7-10H2,1-6H3,(H,15,18). The summed E-state index contributed by atoms with van der Waals surface area (Å²) in [6, 6.07) is -0.0580. The minimum absolute atomic E-state index is 0.0580. The van der Waals surface area contributed by atoms with Crippen molar-refractivity contribution in [2.75, 3.05) is 20.6 Å². The molecule has 0 aromatic rings. The molecule has 4 heteroatoms. The minimum Gasteiger partial charge on any atom is -0.393 e. The first-order valence-corrected chi connectivity index (χ1v) is 6.82. The van der Waals surface area contributed by atoms with Gasteiger partial charge in [0.05, 0.1) is 12.1 Å². The molecule has 0 aliphatic carbocycles. The van der Waals surface area contributed by atoms with Crippen LogP contribution in [0.3, 0.4) is 0 Å². The Kier molecular flexibility index (Phi) is 7.48. The molecule has 0 heterocycles. The van der Waals surface area contributed by atoms with E-state index in [9.17, 15) is 9.90 Å². The number of hydrogen-bond acceptors (Lipinski definition) is 3. The van der Waals surface area contributed by atoms with Crippen LogP contribution >= 0.6 is 0 Å². The van der Waals surface area contributed by atoms with Crippen LogP contribution in [-0.2, 0) is 4.79 Å². The van der Waals surface area contributed by atoms with E-state index in [4.69, 9.17) is 0 Å². The number of carbonyl (C=O) groups is 1. The molecule has 4 nitrogen and oxygen atoms in total. The van der Waals surface area contributed by atoms with Gasteiger partial charge in [0.1, 0.15) is 0 Å². The van der Waals surface area contributed by atoms with Crippen molar-refractivity contribution in [3.8, 4) is 0 Å². The van der Waals surface area contributed by atoms with E-state index in [1.807, 2.05) is 19.0 Å². The zero-order valence-corrected chi connectivity index (χ0v) is 12.8. The van der Waals surface area contributed by atoms with E-state index in [0.717, 1.165) is 12.8 Å². The van der Waals surface area contributed by atoms with E-state index < -0.39 is 0 Å². The molecule has 2 N–H and O–H groups in total. The molecule has 2 unspecified atom stereocenters. The van der Waals surface area contributed by atoms with E-state index in [1.54, 1.807) is 6.92 Å². The van der Waals surface area contributed by atoms with Crippen molar-refractivity contribution in [2.24, 2.45) is 5.41 Å². The number of nitrogens with one attached hydrogen (secondary N) is 1. The van der Waals surface area contributed by atoms with Crippen molar-refractivity contribution < 1.29 is 9.90 Å². The monoisotopic (exact) mass is 258 g/mol. The Morgan fingerprint density at radius 1 is 1.39 bits per heavy atom. The van der Waals surface area contributed by atoms with E-state index in [2.05, 4.69) is 26.1 Å². The van der Waals surface area contributed by atoms with Crippen LogP contribution in [0.25, 0.3) is 0 Å². The molecule has 0 saturated heterocycles. The van der Waals surface area contributed by atoms with Crippen LogP contribution in [0.4, 0.5) is 0 Å². The fourth-order valence-corrected chi connectivity index (χ4v) is 2.21. The summed E-state index contributed by atoms with van der Waals surface area (Å²) in [7, 11) is 3.86. The molecule has 0 aliphatic rings. The second kappa shape index (κ2) is 7.74. The van der Waals surface area contributed by atoms with Crippen LogP contribution in [0, 0.1) is 5.41 Å². The summed E-state index contributed by atoms with van der Waals surface area (Å²) in [5, 5.41) is 12.4. The normalized spacial score (nSPS) is 15.6. The van der Waals surface area contributed by atoms with E-state index in [-0.39, 0.29) is 23.5 Å². The number of likely N-dealkylation sites (N-methyl/N-ethyl adjacent to an activating group) is 1. The van der Waals surface area contributed by atoms with Gasteiger partial charge in [-0.1, -0.05) is 27.2 Å². The van der Waals surface area contributed by atoms with E-state index in [0.29, 0.717) is 13.0 Å². The number of aliphatic hydroxyl groups is 1. The highest BCUT2D eigenvalue weighted by Gasteiger charge is 2.24. The lowest BCUT2D eigenvalue weighted by Crippen LogP contribution is -2.46. The van der Waals surface area contributed by atoms with Crippen LogP contribution in [-0.4, -0.2) is 48.7 Å². The lowest BCUT2D eigenvalue weighted by Gasteiger charge is -2.29. The Hall–Kier alpha value is -0.610. The average molecular weight is 258 g/mol. The highest BCUT2D eigenvalue weighted by Crippen LogP contribution is 2.21. The Labute approximate surface area is 112 Å². The molecular formula is C14H30N2O2. The van der Waals surface area contributed by atoms with Crippen molar-refractivity contribution in [1.29, 1.82) is 0 Å². The maximum Gasteiger partial charge on any atom is 0.237 e. The van der Waals surface area contributed by atoms with Crippen LogP contribution in [0.2, 0.25) is 0 Å². The second-order valence-electron chi connectivity index (χ2n) is 6.20. The molecule has 0 bridgehead atoms. The van der Waals surface area contributed by atoms with Crippen LogP contribution in [0.15, 0.2) is 0 Å². The fourth-order valence-electron chi connectivity index (χ4n) is 2.21. The maximum atomic E-state index is 12.1. The molecular weight excluding hydrogens is 228 g/mol. The molecule has 0 aromatic heterocycles. The molecule has 0 radical (unpaired) electrons. The number of rotatable bonds is 8. The first kappa shape index (κ1) is 17.4. The van der Waals surface area contributed by atoms with Crippen molar-refractivity contribution >= 4 is 5.91 Å². The lowest BCUT2D eigenvalue weighted by atomic mass is 9.87. The zero-order chi connectivity index (χ0) is 14.3. The minimum atomic E-state index is -0.336. The van der Waals surface area contributed by atoms with Crippen LogP contribution < -0.4 is 5.32 Å². The third-order valence-electron chi connectivity index (χ3n) is 3.08. The van der Waals surface area contributed by atoms with Crippen molar-refractivity contribution in [2.45, 2.75) is 59.1 Å². The topological polar surface area (TPSA) is 52.6 Å². The number of nitrogens with zero attached hydrogens (tertiary/aromatic N) is 1. The molecule has 1 amide bonds. The van der Waals surface area contributed by atoms with Gasteiger partial charge < -0.3 is 10.4 Å². The van der Waals surface area contributed by atoms with Crippen LogP contribution in [0.5, 0.6) is 0 Å². The van der Waals surface area contributed by atoms with Gasteiger partial charge in [-0.05, 0) is 39.3 Å². The molecule has 2 atom stereocenters. The predicted molar refractivity (Wildman–Crippen MR) is 75.5 cm³/mol. The van der Waals surface area contributed by atoms with E-state index in [1.165, 1.54) is 0 Å². The number of aliphatic hydroxyl groups excluding tert-OH is 1. The van der Waals surface area contributed by atoms with Gasteiger partial charge in [-0.25, -0.2) is 0 Å². The Morgan fingerprint density at radius 3 is 2.33 bits per heavy atom. The zero-order valence-electron chi connectivity index (χ0n) is 12.8. The quantitative estimate of drug-likeness (QED) is 0.696. The largest absolute Gasteiger partial charge is 0.393 e. The smallest absolute Gasteiger partial charge is 0.237 e. The van der Waals surface area contributed by atoms with Crippen molar-refractivity contribution in [3.05, 3.63) is 0 Å². The summed E-state index contributed by atoms with van der Waals surface area (Å²) in [5.41, 5.74) is -0.0765. The molecule has 0 aliphatic heterocycles. The summed E-state index contributed by atoms with van der Waals surface area (Å²) in [5.74, 6) is 0.0838. The first-order chi connectivity index (χ1) is 8.19. The molecule has 108 valence electrons. The highest BCUT2D eigenvalue weighted by molar-refractivity contribution is 5.81. The summed E-state index contributed by atoms with van der Waals surface area (Å²) < 4.78 is 0. The van der Waals surface area contributed by atoms with Crippen molar-refractivity contribution in [1.82, 2.24) is 10.2 Å². The van der Waals surface area contributed by atoms with Crippen LogP contribution in [0.1, 0.15) is 47.0 Å². The van der Waals surface area contributed by atoms with Gasteiger partial charge in [-0.2, -0.15) is 0 Å². The van der Waals surface area contributed by atoms with Gasteiger partial charge in [0.15, 0.2) is 0 Å². The maximum absolute atomic E-state index is 12.1. The summed E-state index contributed by atoms with van der Waals surface area (Å²) in [6.45, 7) is 8.59. The Morgan fingerprint density at radius 2 is 1.94 bits per heavy atom. The van der Waals surface area contributed by atoms with Gasteiger partial charge in [0.2, 0.25) is 5.91 Å². The molecule has 0 fully saturated rings. The van der Waals surface area contributed by atoms with Gasteiger partial charge >= 0.3 is 0 Å². The van der Waals surface area contributed by atoms with Gasteiger partial charge in [-0.3, -0.25) is 9.69 Å². The molecule has 0 aromatic carbocycles. The third kappa shape index (κ3) is 6.97. The first-order valence-electron chi connectivity index (χ1n) is 6.82. The third-order valence-corrected chi connectivity index (χ3v) is 3.08.